The molecule has 3 rings (SSSR count). The van der Waals surface area contributed by atoms with E-state index >= 15 is 0 Å². The number of rotatable bonds is 7. The maximum absolute atomic E-state index is 12.7. The third-order valence-electron chi connectivity index (χ3n) is 4.15. The molecule has 134 valence electrons. The summed E-state index contributed by atoms with van der Waals surface area (Å²) < 4.78 is 0. The molecule has 0 fully saturated rings. The van der Waals surface area contributed by atoms with Crippen LogP contribution in [0.25, 0.3) is 12.2 Å². The Kier molecular flexibility index (Phi) is 6.26. The highest BCUT2D eigenvalue weighted by molar-refractivity contribution is 5.99. The number of aromatic nitrogens is 1. The molecule has 4 nitrogen and oxygen atoms in total. The number of pyridine rings is 1. The molecule has 0 saturated carbocycles. The lowest BCUT2D eigenvalue weighted by Gasteiger charge is -2.14. The Morgan fingerprint density at radius 1 is 0.926 bits per heavy atom. The average molecular weight is 356 g/mol. The molecule has 0 unspecified atom stereocenters. The number of carbonyl (C=O) groups excluding carboxylic acids is 2. The van der Waals surface area contributed by atoms with Gasteiger partial charge in [0, 0.05) is 18.0 Å². The standard InChI is InChI=1S/C23H20N2O2/c26-17-21(16-19-6-2-1-3-7-19)25-23(27)22-9-5-4-8-20(22)11-10-18-12-14-24-15-13-18/h1-15,17,21H,16H2,(H,25,27)/b11-10+/t21-/m0/s1. The second-order valence-electron chi connectivity index (χ2n) is 6.11. The molecule has 0 aliphatic heterocycles. The normalized spacial score (nSPS) is 11.9. The van der Waals surface area contributed by atoms with E-state index in [0.717, 1.165) is 23.0 Å². The molecule has 1 N–H and O–H groups in total. The van der Waals surface area contributed by atoms with Crippen LogP contribution in [0.5, 0.6) is 0 Å². The summed E-state index contributed by atoms with van der Waals surface area (Å²) in [6.07, 6.45) is 8.49. The van der Waals surface area contributed by atoms with Crippen molar-refractivity contribution in [3.63, 3.8) is 0 Å². The summed E-state index contributed by atoms with van der Waals surface area (Å²) >= 11 is 0. The lowest BCUT2D eigenvalue weighted by atomic mass is 10.0. The zero-order valence-corrected chi connectivity index (χ0v) is 14.8. The van der Waals surface area contributed by atoms with Crippen molar-refractivity contribution in [2.45, 2.75) is 12.5 Å². The van der Waals surface area contributed by atoms with E-state index < -0.39 is 6.04 Å². The molecular weight excluding hydrogens is 336 g/mol. The fourth-order valence-electron chi connectivity index (χ4n) is 2.76. The van der Waals surface area contributed by atoms with Crippen LogP contribution in [0.15, 0.2) is 79.1 Å². The number of aldehydes is 1. The van der Waals surface area contributed by atoms with Gasteiger partial charge in [0.2, 0.25) is 0 Å². The molecule has 0 bridgehead atoms. The average Bonchev–Trinajstić information content (AvgIpc) is 2.73. The topological polar surface area (TPSA) is 59.1 Å². The van der Waals surface area contributed by atoms with Crippen LogP contribution >= 0.6 is 0 Å². The maximum Gasteiger partial charge on any atom is 0.252 e. The van der Waals surface area contributed by atoms with Crippen LogP contribution in [0, 0.1) is 0 Å². The summed E-state index contributed by atoms with van der Waals surface area (Å²) in [5.74, 6) is -0.266. The molecule has 4 heteroatoms. The smallest absolute Gasteiger partial charge is 0.252 e. The van der Waals surface area contributed by atoms with Crippen molar-refractivity contribution in [2.24, 2.45) is 0 Å². The first kappa shape index (κ1) is 18.3. The highest BCUT2D eigenvalue weighted by Gasteiger charge is 2.15. The number of carbonyl (C=O) groups is 2. The van der Waals surface area contributed by atoms with Gasteiger partial charge in [-0.25, -0.2) is 0 Å². The fraction of sp³-hybridized carbons (Fsp3) is 0.0870. The van der Waals surface area contributed by atoms with Gasteiger partial charge >= 0.3 is 0 Å². The SMILES string of the molecule is O=C[C@H](Cc1ccccc1)NC(=O)c1ccccc1/C=C/c1ccncc1. The van der Waals surface area contributed by atoms with Gasteiger partial charge in [0.05, 0.1) is 6.04 Å². The lowest BCUT2D eigenvalue weighted by molar-refractivity contribution is -0.109. The van der Waals surface area contributed by atoms with Gasteiger partial charge in [0.15, 0.2) is 0 Å². The monoisotopic (exact) mass is 356 g/mol. The van der Waals surface area contributed by atoms with E-state index in [1.807, 2.05) is 72.8 Å². The minimum atomic E-state index is -0.572. The quantitative estimate of drug-likeness (QED) is 0.655. The van der Waals surface area contributed by atoms with Gasteiger partial charge in [0.1, 0.15) is 6.29 Å². The van der Waals surface area contributed by atoms with Crippen molar-refractivity contribution in [1.29, 1.82) is 0 Å². The molecule has 0 aliphatic carbocycles. The number of hydrogen-bond donors (Lipinski definition) is 1. The van der Waals surface area contributed by atoms with Crippen LogP contribution < -0.4 is 5.32 Å². The van der Waals surface area contributed by atoms with Crippen molar-refractivity contribution in [3.8, 4) is 0 Å². The van der Waals surface area contributed by atoms with Gasteiger partial charge in [-0.05, 0) is 41.3 Å². The maximum atomic E-state index is 12.7. The minimum absolute atomic E-state index is 0.266. The van der Waals surface area contributed by atoms with Crippen LogP contribution in [-0.2, 0) is 11.2 Å². The minimum Gasteiger partial charge on any atom is -0.342 e. The van der Waals surface area contributed by atoms with Crippen LogP contribution in [-0.4, -0.2) is 23.2 Å². The molecule has 2 aromatic carbocycles. The van der Waals surface area contributed by atoms with Gasteiger partial charge in [-0.15, -0.1) is 0 Å². The van der Waals surface area contributed by atoms with Gasteiger partial charge in [-0.3, -0.25) is 9.78 Å². The second kappa shape index (κ2) is 9.25. The van der Waals surface area contributed by atoms with E-state index in [-0.39, 0.29) is 5.91 Å². The summed E-state index contributed by atoms with van der Waals surface area (Å²) in [4.78, 5) is 28.2. The molecule has 1 amide bonds. The molecule has 1 atom stereocenters. The zero-order chi connectivity index (χ0) is 18.9. The van der Waals surface area contributed by atoms with Gasteiger partial charge in [0.25, 0.3) is 5.91 Å². The Morgan fingerprint density at radius 2 is 1.63 bits per heavy atom. The first-order valence-corrected chi connectivity index (χ1v) is 8.73. The summed E-state index contributed by atoms with van der Waals surface area (Å²) in [6.45, 7) is 0. The fourth-order valence-corrected chi connectivity index (χ4v) is 2.76. The highest BCUT2D eigenvalue weighted by atomic mass is 16.2. The summed E-state index contributed by atoms with van der Waals surface area (Å²) in [5, 5.41) is 2.82. The molecule has 1 heterocycles. The van der Waals surface area contributed by atoms with E-state index in [2.05, 4.69) is 10.3 Å². The molecule has 1 aromatic heterocycles. The second-order valence-corrected chi connectivity index (χ2v) is 6.11. The molecule has 0 saturated heterocycles. The predicted octanol–water partition coefficient (Wildman–Crippen LogP) is 3.79. The Labute approximate surface area is 158 Å². The Morgan fingerprint density at radius 3 is 2.37 bits per heavy atom. The largest absolute Gasteiger partial charge is 0.342 e. The van der Waals surface area contributed by atoms with Gasteiger partial charge in [-0.1, -0.05) is 60.7 Å². The van der Waals surface area contributed by atoms with E-state index in [1.54, 1.807) is 18.5 Å². The van der Waals surface area contributed by atoms with Crippen molar-refractivity contribution < 1.29 is 9.59 Å². The Hall–Kier alpha value is -3.53. The predicted molar refractivity (Wildman–Crippen MR) is 107 cm³/mol. The third kappa shape index (κ3) is 5.22. The van der Waals surface area contributed by atoms with Crippen LogP contribution in [0.2, 0.25) is 0 Å². The van der Waals surface area contributed by atoms with E-state index in [9.17, 15) is 9.59 Å². The van der Waals surface area contributed by atoms with Crippen molar-refractivity contribution in [3.05, 3.63) is 101 Å². The number of benzene rings is 2. The summed E-state index contributed by atoms with van der Waals surface area (Å²) in [6, 6.07) is 20.2. The summed E-state index contributed by atoms with van der Waals surface area (Å²) in [5.41, 5.74) is 3.31. The first-order valence-electron chi connectivity index (χ1n) is 8.73. The number of hydrogen-bond acceptors (Lipinski definition) is 3. The van der Waals surface area contributed by atoms with E-state index in [4.69, 9.17) is 0 Å². The molecule has 27 heavy (non-hydrogen) atoms. The number of nitrogens with one attached hydrogen (secondary N) is 1. The number of nitrogens with zero attached hydrogens (tertiary/aromatic N) is 1. The van der Waals surface area contributed by atoms with Crippen LogP contribution in [0.3, 0.4) is 0 Å². The van der Waals surface area contributed by atoms with Crippen LogP contribution in [0.4, 0.5) is 0 Å². The Balaban J connectivity index is 1.74. The molecule has 0 spiro atoms. The van der Waals surface area contributed by atoms with Gasteiger partial charge in [-0.2, -0.15) is 0 Å². The number of amides is 1. The van der Waals surface area contributed by atoms with Crippen molar-refractivity contribution in [2.75, 3.05) is 0 Å². The molecule has 0 radical (unpaired) electrons. The van der Waals surface area contributed by atoms with E-state index in [0.29, 0.717) is 12.0 Å². The third-order valence-corrected chi connectivity index (χ3v) is 4.15. The summed E-state index contributed by atoms with van der Waals surface area (Å²) in [7, 11) is 0. The van der Waals surface area contributed by atoms with Crippen molar-refractivity contribution >= 4 is 24.3 Å². The Bertz CT molecular complexity index is 921. The first-order chi connectivity index (χ1) is 13.3. The molecule has 0 aliphatic rings. The zero-order valence-electron chi connectivity index (χ0n) is 14.8. The van der Waals surface area contributed by atoms with Crippen molar-refractivity contribution in [1.82, 2.24) is 10.3 Å². The highest BCUT2D eigenvalue weighted by Crippen LogP contribution is 2.14. The molecule has 3 aromatic rings. The van der Waals surface area contributed by atoms with Crippen LogP contribution in [0.1, 0.15) is 27.0 Å². The van der Waals surface area contributed by atoms with E-state index in [1.165, 1.54) is 0 Å². The molecular formula is C23H20N2O2. The lowest BCUT2D eigenvalue weighted by Crippen LogP contribution is -2.37. The van der Waals surface area contributed by atoms with Gasteiger partial charge < -0.3 is 10.1 Å².